The minimum atomic E-state index is 0.0571. The zero-order valence-electron chi connectivity index (χ0n) is 16.4. The van der Waals surface area contributed by atoms with Crippen LogP contribution in [0, 0.1) is 12.8 Å². The fourth-order valence-electron chi connectivity index (χ4n) is 3.87. The molecule has 2 heterocycles. The summed E-state index contributed by atoms with van der Waals surface area (Å²) in [5.74, 6) is 1.29. The molecule has 2 aliphatic rings. The monoisotopic (exact) mass is 360 g/mol. The van der Waals surface area contributed by atoms with Crippen LogP contribution in [-0.2, 0) is 9.53 Å². The highest BCUT2D eigenvalue weighted by Gasteiger charge is 2.28. The first-order valence-corrected chi connectivity index (χ1v) is 9.94. The minimum Gasteiger partial charge on any atom is -0.482 e. The molecule has 0 saturated carbocycles. The fraction of sp³-hybridized carbons (Fsp3) is 0.667. The van der Waals surface area contributed by atoms with E-state index in [0.717, 1.165) is 69.0 Å². The Bertz CT molecular complexity index is 611. The van der Waals surface area contributed by atoms with Crippen molar-refractivity contribution in [2.24, 2.45) is 5.92 Å². The van der Waals surface area contributed by atoms with E-state index in [1.54, 1.807) is 0 Å². The molecule has 0 aliphatic carbocycles. The lowest BCUT2D eigenvalue weighted by atomic mass is 10.0. The van der Waals surface area contributed by atoms with Gasteiger partial charge in [0.25, 0.3) is 5.91 Å². The number of hydrogen-bond donors (Lipinski definition) is 0. The summed E-state index contributed by atoms with van der Waals surface area (Å²) in [4.78, 5) is 16.8. The van der Waals surface area contributed by atoms with E-state index in [1.165, 1.54) is 0 Å². The van der Waals surface area contributed by atoms with Crippen molar-refractivity contribution >= 4 is 11.6 Å². The van der Waals surface area contributed by atoms with Crippen LogP contribution in [-0.4, -0.2) is 56.3 Å². The first-order valence-electron chi connectivity index (χ1n) is 9.94. The van der Waals surface area contributed by atoms with Gasteiger partial charge in [-0.05, 0) is 49.8 Å². The molecule has 5 heteroatoms. The lowest BCUT2D eigenvalue weighted by Gasteiger charge is -2.36. The first-order chi connectivity index (χ1) is 12.6. The standard InChI is InChI=1S/C21H32N2O3/c1-4-11-25-18-7-9-22(10-8-18)13-17(3)14-23-19-12-16(2)5-6-20(19)26-15-21(23)24/h5-6,12,17-18H,4,7-11,13-15H2,1-3H3/t17-/m1/s1. The van der Waals surface area contributed by atoms with Gasteiger partial charge in [0.1, 0.15) is 5.75 Å². The van der Waals surface area contributed by atoms with Crippen molar-refractivity contribution in [3.63, 3.8) is 0 Å². The van der Waals surface area contributed by atoms with Crippen LogP contribution in [0.1, 0.15) is 38.7 Å². The molecule has 5 nitrogen and oxygen atoms in total. The lowest BCUT2D eigenvalue weighted by molar-refractivity contribution is -0.121. The summed E-state index contributed by atoms with van der Waals surface area (Å²) < 4.78 is 11.5. The van der Waals surface area contributed by atoms with E-state index in [-0.39, 0.29) is 12.5 Å². The number of fused-ring (bicyclic) bond motifs is 1. The maximum atomic E-state index is 12.4. The third kappa shape index (κ3) is 4.77. The van der Waals surface area contributed by atoms with E-state index < -0.39 is 0 Å². The Morgan fingerprint density at radius 2 is 2.04 bits per heavy atom. The number of benzene rings is 1. The number of ether oxygens (including phenoxy) is 2. The molecular formula is C21H32N2O3. The van der Waals surface area contributed by atoms with Crippen molar-refractivity contribution in [1.82, 2.24) is 4.90 Å². The van der Waals surface area contributed by atoms with E-state index in [1.807, 2.05) is 24.0 Å². The van der Waals surface area contributed by atoms with Crippen LogP contribution in [0.25, 0.3) is 0 Å². The van der Waals surface area contributed by atoms with Crippen molar-refractivity contribution in [2.75, 3.05) is 44.3 Å². The summed E-state index contributed by atoms with van der Waals surface area (Å²) in [6.45, 7) is 11.4. The molecule has 0 aromatic heterocycles. The van der Waals surface area contributed by atoms with Crippen LogP contribution >= 0.6 is 0 Å². The molecule has 2 aliphatic heterocycles. The van der Waals surface area contributed by atoms with Crippen molar-refractivity contribution in [3.05, 3.63) is 23.8 Å². The van der Waals surface area contributed by atoms with Crippen molar-refractivity contribution in [2.45, 2.75) is 46.1 Å². The summed E-state index contributed by atoms with van der Waals surface area (Å²) in [6.07, 6.45) is 3.75. The number of carbonyl (C=O) groups is 1. The molecule has 1 amide bonds. The molecule has 1 saturated heterocycles. The predicted octanol–water partition coefficient (Wildman–Crippen LogP) is 3.25. The topological polar surface area (TPSA) is 42.0 Å². The van der Waals surface area contributed by atoms with E-state index >= 15 is 0 Å². The third-order valence-electron chi connectivity index (χ3n) is 5.21. The molecule has 1 aromatic rings. The molecule has 1 aromatic carbocycles. The van der Waals surface area contributed by atoms with Crippen LogP contribution in [0.4, 0.5) is 5.69 Å². The zero-order valence-corrected chi connectivity index (χ0v) is 16.4. The number of nitrogens with zero attached hydrogens (tertiary/aromatic N) is 2. The molecule has 1 atom stereocenters. The Kier molecular flexibility index (Phi) is 6.54. The SMILES string of the molecule is CCCOC1CCN(C[C@@H](C)CN2C(=O)COc3ccc(C)cc32)CC1. The third-order valence-corrected chi connectivity index (χ3v) is 5.21. The number of piperidine rings is 1. The highest BCUT2D eigenvalue weighted by atomic mass is 16.5. The minimum absolute atomic E-state index is 0.0571. The smallest absolute Gasteiger partial charge is 0.265 e. The van der Waals surface area contributed by atoms with Crippen LogP contribution in [0.15, 0.2) is 18.2 Å². The maximum absolute atomic E-state index is 12.4. The summed E-state index contributed by atoms with van der Waals surface area (Å²) in [6, 6.07) is 6.05. The molecule has 26 heavy (non-hydrogen) atoms. The number of rotatable bonds is 7. The van der Waals surface area contributed by atoms with Gasteiger partial charge < -0.3 is 19.3 Å². The highest BCUT2D eigenvalue weighted by molar-refractivity contribution is 5.97. The van der Waals surface area contributed by atoms with Crippen molar-refractivity contribution < 1.29 is 14.3 Å². The van der Waals surface area contributed by atoms with Gasteiger partial charge in [-0.1, -0.05) is 19.9 Å². The van der Waals surface area contributed by atoms with E-state index in [4.69, 9.17) is 9.47 Å². The number of amides is 1. The van der Waals surface area contributed by atoms with Gasteiger partial charge in [-0.2, -0.15) is 0 Å². The predicted molar refractivity (Wildman–Crippen MR) is 104 cm³/mol. The normalized spacial score (nSPS) is 20.0. The molecular weight excluding hydrogens is 328 g/mol. The largest absolute Gasteiger partial charge is 0.482 e. The molecule has 1 fully saturated rings. The van der Waals surface area contributed by atoms with Crippen LogP contribution in [0.3, 0.4) is 0 Å². The second-order valence-electron chi connectivity index (χ2n) is 7.74. The van der Waals surface area contributed by atoms with E-state index in [9.17, 15) is 4.79 Å². The van der Waals surface area contributed by atoms with E-state index in [0.29, 0.717) is 12.0 Å². The van der Waals surface area contributed by atoms with Gasteiger partial charge in [0.15, 0.2) is 6.61 Å². The average molecular weight is 360 g/mol. The first kappa shape index (κ1) is 19.2. The molecule has 144 valence electrons. The molecule has 3 rings (SSSR count). The second-order valence-corrected chi connectivity index (χ2v) is 7.74. The Balaban J connectivity index is 1.53. The maximum Gasteiger partial charge on any atom is 0.265 e. The van der Waals surface area contributed by atoms with Gasteiger partial charge in [-0.25, -0.2) is 0 Å². The highest BCUT2D eigenvalue weighted by Crippen LogP contribution is 2.33. The fourth-order valence-corrected chi connectivity index (χ4v) is 3.87. The van der Waals surface area contributed by atoms with Gasteiger partial charge in [-0.3, -0.25) is 4.79 Å². The zero-order chi connectivity index (χ0) is 18.5. The molecule has 0 radical (unpaired) electrons. The van der Waals surface area contributed by atoms with Gasteiger partial charge in [0.05, 0.1) is 11.8 Å². The Morgan fingerprint density at radius 3 is 2.77 bits per heavy atom. The van der Waals surface area contributed by atoms with Gasteiger partial charge in [0.2, 0.25) is 0 Å². The Morgan fingerprint density at radius 1 is 1.27 bits per heavy atom. The quantitative estimate of drug-likeness (QED) is 0.749. The summed E-state index contributed by atoms with van der Waals surface area (Å²) >= 11 is 0. The molecule has 0 N–H and O–H groups in total. The number of aryl methyl sites for hydroxylation is 1. The lowest BCUT2D eigenvalue weighted by Crippen LogP contribution is -2.45. The Hall–Kier alpha value is -1.59. The van der Waals surface area contributed by atoms with E-state index in [2.05, 4.69) is 24.8 Å². The van der Waals surface area contributed by atoms with Crippen LogP contribution < -0.4 is 9.64 Å². The van der Waals surface area contributed by atoms with Crippen molar-refractivity contribution in [3.8, 4) is 5.75 Å². The summed E-state index contributed by atoms with van der Waals surface area (Å²) in [5, 5.41) is 0. The van der Waals surface area contributed by atoms with Crippen LogP contribution in [0.5, 0.6) is 5.75 Å². The average Bonchev–Trinajstić information content (AvgIpc) is 2.63. The Labute approximate surface area is 157 Å². The molecule has 0 unspecified atom stereocenters. The van der Waals surface area contributed by atoms with Crippen molar-refractivity contribution in [1.29, 1.82) is 0 Å². The van der Waals surface area contributed by atoms with Crippen LogP contribution in [0.2, 0.25) is 0 Å². The number of hydrogen-bond acceptors (Lipinski definition) is 4. The van der Waals surface area contributed by atoms with Gasteiger partial charge in [0, 0.05) is 32.8 Å². The summed E-state index contributed by atoms with van der Waals surface area (Å²) in [7, 11) is 0. The second kappa shape index (κ2) is 8.87. The summed E-state index contributed by atoms with van der Waals surface area (Å²) in [5.41, 5.74) is 2.06. The number of anilines is 1. The number of likely N-dealkylation sites (tertiary alicyclic amines) is 1. The molecule has 0 spiro atoms. The van der Waals surface area contributed by atoms with Gasteiger partial charge in [-0.15, -0.1) is 0 Å². The van der Waals surface area contributed by atoms with Gasteiger partial charge >= 0.3 is 0 Å². The molecule has 0 bridgehead atoms. The number of carbonyl (C=O) groups excluding carboxylic acids is 1.